The van der Waals surface area contributed by atoms with Gasteiger partial charge in [-0.25, -0.2) is 0 Å². The second-order valence-electron chi connectivity index (χ2n) is 5.82. The molecule has 0 saturated heterocycles. The Morgan fingerprint density at radius 3 is 2.78 bits per heavy atom. The van der Waals surface area contributed by atoms with Crippen LogP contribution in [-0.2, 0) is 4.79 Å². The van der Waals surface area contributed by atoms with Crippen LogP contribution in [0.3, 0.4) is 0 Å². The van der Waals surface area contributed by atoms with E-state index in [0.717, 1.165) is 17.3 Å². The number of nitrogens with one attached hydrogen (secondary N) is 3. The Morgan fingerprint density at radius 1 is 1.30 bits per heavy atom. The molecule has 3 rings (SSSR count). The Kier molecular flexibility index (Phi) is 5.38. The summed E-state index contributed by atoms with van der Waals surface area (Å²) < 4.78 is 0. The van der Waals surface area contributed by atoms with Crippen molar-refractivity contribution in [3.8, 4) is 10.6 Å². The average molecular weight is 401 g/mol. The van der Waals surface area contributed by atoms with Gasteiger partial charge in [0.2, 0.25) is 11.0 Å². The summed E-state index contributed by atoms with van der Waals surface area (Å²) in [6.45, 7) is 3.43. The number of aryl methyl sites for hydroxylation is 1. The van der Waals surface area contributed by atoms with Gasteiger partial charge in [0.15, 0.2) is 0 Å². The van der Waals surface area contributed by atoms with Crippen molar-refractivity contribution >= 4 is 57.3 Å². The lowest BCUT2D eigenvalue weighted by molar-refractivity contribution is -0.114. The van der Waals surface area contributed by atoms with Crippen LogP contribution in [-0.4, -0.2) is 22.3 Å². The normalized spacial score (nSPS) is 10.5. The number of hydrogen-bond acceptors (Lipinski definition) is 7. The van der Waals surface area contributed by atoms with Gasteiger partial charge in [0, 0.05) is 35.6 Å². The first kappa shape index (κ1) is 18.8. The monoisotopic (exact) mass is 400 g/mol. The van der Waals surface area contributed by atoms with Crippen LogP contribution in [0.4, 0.5) is 22.2 Å². The van der Waals surface area contributed by atoms with E-state index in [1.54, 1.807) is 12.1 Å². The number of halogens is 1. The molecule has 138 valence electrons. The molecule has 27 heavy (non-hydrogen) atoms. The maximum atomic E-state index is 11.3. The van der Waals surface area contributed by atoms with Crippen LogP contribution < -0.4 is 16.4 Å². The third kappa shape index (κ3) is 4.07. The van der Waals surface area contributed by atoms with Crippen molar-refractivity contribution in [2.24, 2.45) is 0 Å². The third-order valence-corrected chi connectivity index (χ3v) is 5.09. The molecule has 7 nitrogen and oxygen atoms in total. The second kappa shape index (κ2) is 7.73. The van der Waals surface area contributed by atoms with Gasteiger partial charge in [-0.3, -0.25) is 4.79 Å². The smallest absolute Gasteiger partial charge is 0.221 e. The number of nitrogens with two attached hydrogens (primary N) is 1. The molecule has 0 aliphatic heterocycles. The summed E-state index contributed by atoms with van der Waals surface area (Å²) in [5, 5.41) is 23.3. The molecule has 0 aliphatic carbocycles. The molecule has 0 saturated carbocycles. The summed E-state index contributed by atoms with van der Waals surface area (Å²) in [6.07, 6.45) is 1.12. The highest BCUT2D eigenvalue weighted by Crippen LogP contribution is 2.35. The molecule has 1 aromatic heterocycles. The summed E-state index contributed by atoms with van der Waals surface area (Å²) in [4.78, 5) is 11.3. The predicted octanol–water partition coefficient (Wildman–Crippen LogP) is 4.45. The Labute approximate surface area is 165 Å². The molecular formula is C18H17ClN6OS. The minimum Gasteiger partial charge on any atom is -0.398 e. The Hall–Kier alpha value is -2.97. The van der Waals surface area contributed by atoms with Gasteiger partial charge in [-0.1, -0.05) is 29.0 Å². The van der Waals surface area contributed by atoms with Crippen molar-refractivity contribution in [2.75, 3.05) is 16.4 Å². The maximum absolute atomic E-state index is 11.3. The molecule has 0 radical (unpaired) electrons. The van der Waals surface area contributed by atoms with Gasteiger partial charge in [-0.2, -0.15) is 0 Å². The second-order valence-corrected chi connectivity index (χ2v) is 7.18. The van der Waals surface area contributed by atoms with E-state index in [2.05, 4.69) is 20.8 Å². The van der Waals surface area contributed by atoms with Gasteiger partial charge in [0.25, 0.3) is 0 Å². The van der Waals surface area contributed by atoms with Gasteiger partial charge >= 0.3 is 0 Å². The fourth-order valence-electron chi connectivity index (χ4n) is 2.48. The molecule has 0 spiro atoms. The Bertz CT molecular complexity index is 1030. The summed E-state index contributed by atoms with van der Waals surface area (Å²) >= 11 is 7.66. The third-order valence-electron chi connectivity index (χ3n) is 3.81. The van der Waals surface area contributed by atoms with Crippen LogP contribution in [0.25, 0.3) is 10.6 Å². The SMILES string of the molecule is CC(=O)Nc1ccc(C)c(-c2nnc(Nc3ccc(N)c(C=N)c3Cl)s2)c1. The molecule has 0 bridgehead atoms. The van der Waals surface area contributed by atoms with E-state index in [-0.39, 0.29) is 5.91 Å². The van der Waals surface area contributed by atoms with Crippen molar-refractivity contribution in [2.45, 2.75) is 13.8 Å². The van der Waals surface area contributed by atoms with E-state index >= 15 is 0 Å². The van der Waals surface area contributed by atoms with Gasteiger partial charge in [0.05, 0.1) is 10.7 Å². The number of rotatable bonds is 5. The lowest BCUT2D eigenvalue weighted by Crippen LogP contribution is -2.05. The van der Waals surface area contributed by atoms with E-state index in [9.17, 15) is 4.79 Å². The molecule has 5 N–H and O–H groups in total. The molecule has 0 aliphatic rings. The highest BCUT2D eigenvalue weighted by atomic mass is 35.5. The number of carbonyl (C=O) groups excluding carboxylic acids is 1. The number of aromatic nitrogens is 2. The zero-order valence-electron chi connectivity index (χ0n) is 14.6. The Morgan fingerprint density at radius 2 is 2.07 bits per heavy atom. The highest BCUT2D eigenvalue weighted by molar-refractivity contribution is 7.18. The summed E-state index contributed by atoms with van der Waals surface area (Å²) in [7, 11) is 0. The van der Waals surface area contributed by atoms with Crippen molar-refractivity contribution in [1.29, 1.82) is 5.41 Å². The Balaban J connectivity index is 1.90. The largest absolute Gasteiger partial charge is 0.398 e. The molecule has 3 aromatic rings. The van der Waals surface area contributed by atoms with Crippen molar-refractivity contribution in [3.63, 3.8) is 0 Å². The number of amides is 1. The van der Waals surface area contributed by atoms with Gasteiger partial charge in [0.1, 0.15) is 5.01 Å². The van der Waals surface area contributed by atoms with Gasteiger partial charge < -0.3 is 21.8 Å². The topological polar surface area (TPSA) is 117 Å². The zero-order valence-corrected chi connectivity index (χ0v) is 16.2. The number of carbonyl (C=O) groups is 1. The minimum atomic E-state index is -0.135. The quantitative estimate of drug-likeness (QED) is 0.373. The van der Waals surface area contributed by atoms with Gasteiger partial charge in [-0.15, -0.1) is 10.2 Å². The van der Waals surface area contributed by atoms with Crippen LogP contribution >= 0.6 is 22.9 Å². The number of anilines is 4. The first-order valence-electron chi connectivity index (χ1n) is 7.96. The van der Waals surface area contributed by atoms with Crippen LogP contribution in [0.1, 0.15) is 18.1 Å². The lowest BCUT2D eigenvalue weighted by atomic mass is 10.1. The standard InChI is InChI=1S/C18H17ClN6OS/c1-9-3-4-11(22-10(2)26)7-12(9)17-24-25-18(27-17)23-15-6-5-14(21)13(8-20)16(15)19/h3-8,20H,21H2,1-2H3,(H,22,26)(H,23,25). The number of benzene rings is 2. The summed E-state index contributed by atoms with van der Waals surface area (Å²) in [5.41, 5.74) is 9.90. The summed E-state index contributed by atoms with van der Waals surface area (Å²) in [5.74, 6) is -0.135. The predicted molar refractivity (Wildman–Crippen MR) is 111 cm³/mol. The molecule has 0 unspecified atom stereocenters. The van der Waals surface area contributed by atoms with Crippen LogP contribution in [0, 0.1) is 12.3 Å². The van der Waals surface area contributed by atoms with Crippen molar-refractivity contribution < 1.29 is 4.79 Å². The van der Waals surface area contributed by atoms with E-state index in [1.165, 1.54) is 18.3 Å². The first-order chi connectivity index (χ1) is 12.9. The van der Waals surface area contributed by atoms with E-state index in [4.69, 9.17) is 22.7 Å². The fourth-order valence-corrected chi connectivity index (χ4v) is 3.59. The summed E-state index contributed by atoms with van der Waals surface area (Å²) in [6, 6.07) is 9.03. The molecule has 1 heterocycles. The molecule has 0 atom stereocenters. The molecule has 9 heteroatoms. The van der Waals surface area contributed by atoms with Gasteiger partial charge in [-0.05, 0) is 36.8 Å². The van der Waals surface area contributed by atoms with E-state index in [1.807, 2.05) is 25.1 Å². The number of nitrogens with zero attached hydrogens (tertiary/aromatic N) is 2. The molecule has 1 amide bonds. The zero-order chi connectivity index (χ0) is 19.6. The lowest BCUT2D eigenvalue weighted by Gasteiger charge is -2.09. The molecule has 2 aromatic carbocycles. The number of hydrogen-bond donors (Lipinski definition) is 4. The van der Waals surface area contributed by atoms with E-state index < -0.39 is 0 Å². The van der Waals surface area contributed by atoms with E-state index in [0.29, 0.717) is 37.8 Å². The van der Waals surface area contributed by atoms with Crippen molar-refractivity contribution in [3.05, 3.63) is 46.5 Å². The first-order valence-corrected chi connectivity index (χ1v) is 9.16. The highest BCUT2D eigenvalue weighted by Gasteiger charge is 2.13. The van der Waals surface area contributed by atoms with Crippen LogP contribution in [0.2, 0.25) is 5.02 Å². The minimum absolute atomic E-state index is 0.135. The number of nitrogen functional groups attached to an aromatic ring is 1. The van der Waals surface area contributed by atoms with Crippen LogP contribution in [0.5, 0.6) is 0 Å². The maximum Gasteiger partial charge on any atom is 0.221 e. The molecule has 0 fully saturated rings. The molecular weight excluding hydrogens is 384 g/mol. The fraction of sp³-hybridized carbons (Fsp3) is 0.111. The van der Waals surface area contributed by atoms with Crippen molar-refractivity contribution in [1.82, 2.24) is 10.2 Å². The average Bonchev–Trinajstić information content (AvgIpc) is 3.07. The van der Waals surface area contributed by atoms with Crippen LogP contribution in [0.15, 0.2) is 30.3 Å².